The van der Waals surface area contributed by atoms with Crippen molar-refractivity contribution >= 4 is 36.4 Å². The Morgan fingerprint density at radius 1 is 1.26 bits per heavy atom. The van der Waals surface area contributed by atoms with Gasteiger partial charge in [0.2, 0.25) is 0 Å². The van der Waals surface area contributed by atoms with Crippen LogP contribution in [-0.4, -0.2) is 45.3 Å². The van der Waals surface area contributed by atoms with Gasteiger partial charge in [0, 0.05) is 32.2 Å². The van der Waals surface area contributed by atoms with Crippen molar-refractivity contribution in [1.82, 2.24) is 10.2 Å². The highest BCUT2D eigenvalue weighted by atomic mass is 35.5. The van der Waals surface area contributed by atoms with E-state index in [9.17, 15) is 0 Å². The SMILES string of the molecule is COc1ccc([C@@H](CC#N)N2CCNCC2)c(Cl)c1OC.Cl.Cl. The average Bonchev–Trinajstić information content (AvgIpc) is 2.53. The van der Waals surface area contributed by atoms with E-state index >= 15 is 0 Å². The normalized spacial score (nSPS) is 15.6. The van der Waals surface area contributed by atoms with E-state index in [2.05, 4.69) is 16.3 Å². The van der Waals surface area contributed by atoms with Crippen molar-refractivity contribution in [3.05, 3.63) is 22.7 Å². The van der Waals surface area contributed by atoms with Crippen LogP contribution in [0.3, 0.4) is 0 Å². The molecule has 1 heterocycles. The molecule has 0 radical (unpaired) electrons. The van der Waals surface area contributed by atoms with E-state index in [1.807, 2.05) is 12.1 Å². The molecule has 2 rings (SSSR count). The van der Waals surface area contributed by atoms with Crippen LogP contribution >= 0.6 is 36.4 Å². The smallest absolute Gasteiger partial charge is 0.179 e. The number of nitrogens with zero attached hydrogens (tertiary/aromatic N) is 2. The fourth-order valence-corrected chi connectivity index (χ4v) is 3.04. The van der Waals surface area contributed by atoms with Crippen LogP contribution in [-0.2, 0) is 0 Å². The molecule has 0 amide bonds. The summed E-state index contributed by atoms with van der Waals surface area (Å²) in [4.78, 5) is 2.28. The van der Waals surface area contributed by atoms with Gasteiger partial charge >= 0.3 is 0 Å². The molecule has 0 aromatic heterocycles. The van der Waals surface area contributed by atoms with Crippen molar-refractivity contribution in [2.24, 2.45) is 0 Å². The fourth-order valence-electron chi connectivity index (χ4n) is 2.68. The summed E-state index contributed by atoms with van der Waals surface area (Å²) in [5.74, 6) is 1.12. The highest BCUT2D eigenvalue weighted by Gasteiger charge is 2.26. The molecule has 8 heteroatoms. The number of benzene rings is 1. The minimum atomic E-state index is -0.0237. The van der Waals surface area contributed by atoms with Gasteiger partial charge in [-0.1, -0.05) is 17.7 Å². The van der Waals surface area contributed by atoms with Gasteiger partial charge in [0.1, 0.15) is 0 Å². The first-order valence-electron chi connectivity index (χ1n) is 6.95. The Labute approximate surface area is 154 Å². The Morgan fingerprint density at radius 2 is 1.91 bits per heavy atom. The first kappa shape index (κ1) is 22.1. The topological polar surface area (TPSA) is 57.5 Å². The highest BCUT2D eigenvalue weighted by molar-refractivity contribution is 6.33. The van der Waals surface area contributed by atoms with E-state index < -0.39 is 0 Å². The Balaban J connectivity index is 0.00000242. The van der Waals surface area contributed by atoms with Crippen molar-refractivity contribution in [1.29, 1.82) is 5.26 Å². The second-order valence-corrected chi connectivity index (χ2v) is 5.25. The molecule has 0 spiro atoms. The number of hydrogen-bond acceptors (Lipinski definition) is 5. The van der Waals surface area contributed by atoms with E-state index in [0.717, 1.165) is 31.7 Å². The number of nitriles is 1. The maximum Gasteiger partial charge on any atom is 0.179 e. The summed E-state index contributed by atoms with van der Waals surface area (Å²) in [6.45, 7) is 3.65. The van der Waals surface area contributed by atoms with Gasteiger partial charge in [0.25, 0.3) is 0 Å². The van der Waals surface area contributed by atoms with Crippen molar-refractivity contribution in [2.45, 2.75) is 12.5 Å². The van der Waals surface area contributed by atoms with Crippen LogP contribution < -0.4 is 14.8 Å². The second-order valence-electron chi connectivity index (χ2n) is 4.87. The van der Waals surface area contributed by atoms with Gasteiger partial charge in [-0.05, 0) is 11.6 Å². The molecule has 0 bridgehead atoms. The summed E-state index contributed by atoms with van der Waals surface area (Å²) in [7, 11) is 3.15. The van der Waals surface area contributed by atoms with Crippen LogP contribution in [0.5, 0.6) is 11.5 Å². The van der Waals surface area contributed by atoms with Gasteiger partial charge in [-0.25, -0.2) is 0 Å². The number of nitrogens with one attached hydrogen (secondary N) is 1. The monoisotopic (exact) mass is 381 g/mol. The van der Waals surface area contributed by atoms with E-state index in [0.29, 0.717) is 22.9 Å². The molecule has 5 nitrogen and oxygen atoms in total. The molecule has 1 aromatic carbocycles. The zero-order chi connectivity index (χ0) is 15.2. The third-order valence-corrected chi connectivity index (χ3v) is 4.14. The molecule has 1 atom stereocenters. The molecule has 0 unspecified atom stereocenters. The second kappa shape index (κ2) is 10.8. The van der Waals surface area contributed by atoms with Crippen LogP contribution in [0.25, 0.3) is 0 Å². The first-order chi connectivity index (χ1) is 10.2. The minimum Gasteiger partial charge on any atom is -0.493 e. The van der Waals surface area contributed by atoms with Gasteiger partial charge in [-0.3, -0.25) is 4.90 Å². The number of hydrogen-bond donors (Lipinski definition) is 1. The van der Waals surface area contributed by atoms with Crippen LogP contribution in [0.1, 0.15) is 18.0 Å². The molecular formula is C15H22Cl3N3O2. The number of rotatable bonds is 5. The molecule has 23 heavy (non-hydrogen) atoms. The lowest BCUT2D eigenvalue weighted by molar-refractivity contribution is 0.175. The quantitative estimate of drug-likeness (QED) is 0.848. The Kier molecular flexibility index (Phi) is 10.4. The van der Waals surface area contributed by atoms with Crippen molar-refractivity contribution < 1.29 is 9.47 Å². The largest absolute Gasteiger partial charge is 0.493 e. The third-order valence-electron chi connectivity index (χ3n) is 3.75. The van der Waals surface area contributed by atoms with Gasteiger partial charge in [0.15, 0.2) is 11.5 Å². The fraction of sp³-hybridized carbons (Fsp3) is 0.533. The van der Waals surface area contributed by atoms with Crippen LogP contribution in [0.4, 0.5) is 0 Å². The van der Waals surface area contributed by atoms with Crippen molar-refractivity contribution in [3.8, 4) is 17.6 Å². The standard InChI is InChI=1S/C15H20ClN3O2.2ClH/c1-20-13-4-3-11(14(16)15(13)21-2)12(5-6-17)19-9-7-18-8-10-19;;/h3-4,12,18H,5,7-10H2,1-2H3;2*1H/t12-;;/m1../s1. The van der Waals surface area contributed by atoms with Gasteiger partial charge in [-0.2, -0.15) is 5.26 Å². The van der Waals surface area contributed by atoms with Crippen LogP contribution in [0, 0.1) is 11.3 Å². The van der Waals surface area contributed by atoms with Gasteiger partial charge in [-0.15, -0.1) is 24.8 Å². The predicted molar refractivity (Wildman–Crippen MR) is 96.5 cm³/mol. The molecule has 1 saturated heterocycles. The zero-order valence-corrected chi connectivity index (χ0v) is 15.6. The third kappa shape index (κ3) is 5.03. The summed E-state index contributed by atoms with van der Waals surface area (Å²) >= 11 is 6.49. The predicted octanol–water partition coefficient (Wildman–Crippen LogP) is 3.06. The summed E-state index contributed by atoms with van der Waals surface area (Å²) in [5, 5.41) is 13.0. The van der Waals surface area contributed by atoms with Crippen LogP contribution in [0.15, 0.2) is 12.1 Å². The molecule has 1 aliphatic rings. The summed E-state index contributed by atoms with van der Waals surface area (Å²) in [6, 6.07) is 6.00. The molecular weight excluding hydrogens is 361 g/mol. The Hall–Kier alpha value is -0.900. The maximum absolute atomic E-state index is 9.16. The Bertz CT molecular complexity index is 531. The summed E-state index contributed by atoms with van der Waals surface area (Å²) in [6.07, 6.45) is 0.398. The molecule has 1 aliphatic heterocycles. The maximum atomic E-state index is 9.16. The minimum absolute atomic E-state index is 0. The van der Waals surface area contributed by atoms with Crippen molar-refractivity contribution in [2.75, 3.05) is 40.4 Å². The van der Waals surface area contributed by atoms with E-state index in [4.69, 9.17) is 26.3 Å². The average molecular weight is 383 g/mol. The molecule has 130 valence electrons. The zero-order valence-electron chi connectivity index (χ0n) is 13.2. The molecule has 0 aliphatic carbocycles. The lowest BCUT2D eigenvalue weighted by Gasteiger charge is -2.34. The molecule has 1 N–H and O–H groups in total. The first-order valence-corrected chi connectivity index (χ1v) is 7.32. The molecule has 1 aromatic rings. The highest BCUT2D eigenvalue weighted by Crippen LogP contribution is 2.41. The number of ether oxygens (including phenoxy) is 2. The Morgan fingerprint density at radius 3 is 2.43 bits per heavy atom. The lowest BCUT2D eigenvalue weighted by Crippen LogP contribution is -2.45. The molecule has 1 fully saturated rings. The summed E-state index contributed by atoms with van der Waals surface area (Å²) in [5.41, 5.74) is 0.915. The van der Waals surface area contributed by atoms with Gasteiger partial charge in [0.05, 0.1) is 31.7 Å². The van der Waals surface area contributed by atoms with Gasteiger partial charge < -0.3 is 14.8 Å². The van der Waals surface area contributed by atoms with E-state index in [-0.39, 0.29) is 30.9 Å². The van der Waals surface area contributed by atoms with Crippen molar-refractivity contribution in [3.63, 3.8) is 0 Å². The van der Waals surface area contributed by atoms with Crippen LogP contribution in [0.2, 0.25) is 5.02 Å². The lowest BCUT2D eigenvalue weighted by atomic mass is 10.0. The van der Waals surface area contributed by atoms with E-state index in [1.54, 1.807) is 14.2 Å². The number of methoxy groups -OCH3 is 2. The summed E-state index contributed by atoms with van der Waals surface area (Å²) < 4.78 is 10.6. The molecule has 0 saturated carbocycles. The number of halogens is 3. The number of piperazine rings is 1. The van der Waals surface area contributed by atoms with E-state index in [1.165, 1.54) is 0 Å².